The molecule has 3 rings (SSSR count). The minimum absolute atomic E-state index is 0.338. The summed E-state index contributed by atoms with van der Waals surface area (Å²) in [7, 11) is 0. The summed E-state index contributed by atoms with van der Waals surface area (Å²) >= 11 is 0. The van der Waals surface area contributed by atoms with Crippen molar-refractivity contribution >= 4 is 11.3 Å². The van der Waals surface area contributed by atoms with Crippen molar-refractivity contribution in [1.29, 1.82) is 5.41 Å². The monoisotopic (exact) mass is 386 g/mol. The summed E-state index contributed by atoms with van der Waals surface area (Å²) in [6.45, 7) is 4.76. The van der Waals surface area contributed by atoms with Crippen molar-refractivity contribution < 1.29 is 4.74 Å². The van der Waals surface area contributed by atoms with Crippen LogP contribution in [0.3, 0.4) is 0 Å². The Morgan fingerprint density at radius 1 is 0.966 bits per heavy atom. The molecule has 29 heavy (non-hydrogen) atoms. The van der Waals surface area contributed by atoms with Gasteiger partial charge in [-0.05, 0) is 54.8 Å². The lowest BCUT2D eigenvalue weighted by atomic mass is 9.96. The van der Waals surface area contributed by atoms with Gasteiger partial charge in [0, 0.05) is 35.3 Å². The largest absolute Gasteiger partial charge is 0.489 e. The third-order valence-electron chi connectivity index (χ3n) is 4.68. The van der Waals surface area contributed by atoms with E-state index in [1.807, 2.05) is 74.5 Å². The average Bonchev–Trinajstić information content (AvgIpc) is 2.72. The third kappa shape index (κ3) is 4.89. The highest BCUT2D eigenvalue weighted by Crippen LogP contribution is 2.23. The van der Waals surface area contributed by atoms with E-state index in [0.29, 0.717) is 30.2 Å². The van der Waals surface area contributed by atoms with Crippen molar-refractivity contribution in [3.8, 4) is 5.75 Å². The molecule has 5 nitrogen and oxygen atoms in total. The zero-order valence-corrected chi connectivity index (χ0v) is 16.8. The average molecular weight is 386 g/mol. The van der Waals surface area contributed by atoms with Gasteiger partial charge in [0.15, 0.2) is 0 Å². The number of allylic oxidation sites excluding steroid dienone is 1. The van der Waals surface area contributed by atoms with E-state index in [0.717, 1.165) is 33.6 Å². The molecule has 3 aromatic rings. The maximum absolute atomic E-state index is 8.68. The number of aromatic nitrogens is 1. The molecule has 5 heteroatoms. The number of hydrogen-bond donors (Lipinski definition) is 3. The highest BCUT2D eigenvalue weighted by molar-refractivity contribution is 6.30. The van der Waals surface area contributed by atoms with Gasteiger partial charge in [-0.15, -0.1) is 0 Å². The lowest BCUT2D eigenvalue weighted by Gasteiger charge is -2.13. The minimum atomic E-state index is 0.338. The Morgan fingerprint density at radius 3 is 2.31 bits per heavy atom. The van der Waals surface area contributed by atoms with Crippen molar-refractivity contribution in [3.63, 3.8) is 0 Å². The van der Waals surface area contributed by atoms with E-state index in [1.165, 1.54) is 6.20 Å². The summed E-state index contributed by atoms with van der Waals surface area (Å²) in [5.41, 5.74) is 18.2. The Hall–Kier alpha value is -3.44. The number of hydrogen-bond acceptors (Lipinski definition) is 5. The van der Waals surface area contributed by atoms with Crippen molar-refractivity contribution in [1.82, 2.24) is 4.98 Å². The van der Waals surface area contributed by atoms with Crippen LogP contribution in [0.2, 0.25) is 0 Å². The van der Waals surface area contributed by atoms with Gasteiger partial charge in [0.2, 0.25) is 0 Å². The molecule has 2 aromatic carbocycles. The fraction of sp³-hybridized carbons (Fsp3) is 0.167. The SMILES string of the molecule is Cc1cc(/C(=C/N)C(=N)c2cccc(OCc3ccccc3CN)c2)cc(C)n1. The van der Waals surface area contributed by atoms with Crippen LogP contribution in [-0.4, -0.2) is 10.7 Å². The topological polar surface area (TPSA) is 98.0 Å². The Bertz CT molecular complexity index is 1040. The fourth-order valence-electron chi connectivity index (χ4n) is 3.27. The highest BCUT2D eigenvalue weighted by atomic mass is 16.5. The van der Waals surface area contributed by atoms with E-state index < -0.39 is 0 Å². The maximum Gasteiger partial charge on any atom is 0.120 e. The molecular formula is C24H26N4O. The number of benzene rings is 2. The molecule has 0 fully saturated rings. The molecule has 0 spiro atoms. The summed E-state index contributed by atoms with van der Waals surface area (Å²) in [5, 5.41) is 8.68. The third-order valence-corrected chi connectivity index (χ3v) is 4.68. The van der Waals surface area contributed by atoms with Crippen LogP contribution >= 0.6 is 0 Å². The Kier molecular flexibility index (Phi) is 6.42. The van der Waals surface area contributed by atoms with E-state index in [9.17, 15) is 0 Å². The lowest BCUT2D eigenvalue weighted by molar-refractivity contribution is 0.305. The number of aryl methyl sites for hydroxylation is 2. The zero-order chi connectivity index (χ0) is 20.8. The lowest BCUT2D eigenvalue weighted by Crippen LogP contribution is -2.07. The van der Waals surface area contributed by atoms with Crippen molar-refractivity contribution in [3.05, 3.63) is 101 Å². The van der Waals surface area contributed by atoms with Crippen LogP contribution in [0.1, 0.15) is 33.6 Å². The normalized spacial score (nSPS) is 11.3. The number of rotatable bonds is 7. The predicted octanol–water partition coefficient (Wildman–Crippen LogP) is 4.10. The number of ether oxygens (including phenoxy) is 1. The zero-order valence-electron chi connectivity index (χ0n) is 16.8. The smallest absolute Gasteiger partial charge is 0.120 e. The molecule has 0 amide bonds. The molecule has 0 aliphatic carbocycles. The Morgan fingerprint density at radius 2 is 1.66 bits per heavy atom. The van der Waals surface area contributed by atoms with E-state index in [-0.39, 0.29) is 0 Å². The van der Waals surface area contributed by atoms with Gasteiger partial charge in [0.25, 0.3) is 0 Å². The molecule has 0 unspecified atom stereocenters. The molecule has 0 saturated heterocycles. The second-order valence-corrected chi connectivity index (χ2v) is 6.88. The first-order valence-electron chi connectivity index (χ1n) is 9.48. The van der Waals surface area contributed by atoms with Gasteiger partial charge in [-0.25, -0.2) is 0 Å². The van der Waals surface area contributed by atoms with Crippen LogP contribution in [0.25, 0.3) is 5.57 Å². The highest BCUT2D eigenvalue weighted by Gasteiger charge is 2.13. The second kappa shape index (κ2) is 9.17. The van der Waals surface area contributed by atoms with Gasteiger partial charge in [0.05, 0.1) is 5.71 Å². The number of nitrogens with two attached hydrogens (primary N) is 2. The van der Waals surface area contributed by atoms with E-state index in [2.05, 4.69) is 4.98 Å². The number of pyridine rings is 1. The number of nitrogens with zero attached hydrogens (tertiary/aromatic N) is 1. The van der Waals surface area contributed by atoms with Crippen molar-refractivity contribution in [2.24, 2.45) is 11.5 Å². The molecule has 0 bridgehead atoms. The molecule has 0 atom stereocenters. The Balaban J connectivity index is 1.81. The van der Waals surface area contributed by atoms with E-state index in [4.69, 9.17) is 21.6 Å². The summed E-state index contributed by atoms with van der Waals surface area (Å²) in [5.74, 6) is 0.692. The van der Waals surface area contributed by atoms with Crippen LogP contribution in [-0.2, 0) is 13.2 Å². The second-order valence-electron chi connectivity index (χ2n) is 6.88. The van der Waals surface area contributed by atoms with Crippen LogP contribution < -0.4 is 16.2 Å². The van der Waals surface area contributed by atoms with Crippen molar-refractivity contribution in [2.45, 2.75) is 27.0 Å². The maximum atomic E-state index is 8.68. The Labute approximate surface area is 171 Å². The summed E-state index contributed by atoms with van der Waals surface area (Å²) in [6, 6.07) is 19.3. The molecular weight excluding hydrogens is 360 g/mol. The summed E-state index contributed by atoms with van der Waals surface area (Å²) in [4.78, 5) is 4.40. The molecule has 1 heterocycles. The fourth-order valence-corrected chi connectivity index (χ4v) is 3.27. The molecule has 0 aliphatic heterocycles. The molecule has 0 radical (unpaired) electrons. The van der Waals surface area contributed by atoms with Gasteiger partial charge in [-0.2, -0.15) is 0 Å². The summed E-state index contributed by atoms with van der Waals surface area (Å²) < 4.78 is 5.97. The van der Waals surface area contributed by atoms with Crippen LogP contribution in [0.5, 0.6) is 5.75 Å². The van der Waals surface area contributed by atoms with Gasteiger partial charge in [-0.3, -0.25) is 10.4 Å². The molecule has 0 saturated carbocycles. The van der Waals surface area contributed by atoms with Gasteiger partial charge >= 0.3 is 0 Å². The van der Waals surface area contributed by atoms with Crippen LogP contribution in [0.15, 0.2) is 66.9 Å². The van der Waals surface area contributed by atoms with Gasteiger partial charge in [0.1, 0.15) is 12.4 Å². The molecule has 5 N–H and O–H groups in total. The van der Waals surface area contributed by atoms with Crippen LogP contribution in [0, 0.1) is 19.3 Å². The summed E-state index contributed by atoms with van der Waals surface area (Å²) in [6.07, 6.45) is 1.47. The first-order chi connectivity index (χ1) is 14.0. The molecule has 148 valence electrons. The van der Waals surface area contributed by atoms with Gasteiger partial charge in [-0.1, -0.05) is 36.4 Å². The molecule has 1 aromatic heterocycles. The first kappa shape index (κ1) is 20.3. The van der Waals surface area contributed by atoms with E-state index in [1.54, 1.807) is 0 Å². The van der Waals surface area contributed by atoms with E-state index >= 15 is 0 Å². The first-order valence-corrected chi connectivity index (χ1v) is 9.48. The standard InChI is InChI=1S/C24H26N4O/c1-16-10-21(11-17(2)28-16)23(14-26)24(27)18-8-5-9-22(12-18)29-15-20-7-4-3-6-19(20)13-25/h3-12,14,27H,13,15,25-26H2,1-2H3/b23-14-,27-24?. The quantitative estimate of drug-likeness (QED) is 0.532. The number of nitrogens with one attached hydrogen (secondary N) is 1. The predicted molar refractivity (Wildman–Crippen MR) is 118 cm³/mol. The van der Waals surface area contributed by atoms with Crippen LogP contribution in [0.4, 0.5) is 0 Å². The van der Waals surface area contributed by atoms with Gasteiger partial charge < -0.3 is 16.2 Å². The minimum Gasteiger partial charge on any atom is -0.489 e. The molecule has 0 aliphatic rings. The van der Waals surface area contributed by atoms with Crippen molar-refractivity contribution in [2.75, 3.05) is 0 Å².